The minimum atomic E-state index is 0.450. The van der Waals surface area contributed by atoms with Crippen LogP contribution in [-0.2, 0) is 0 Å². The molecule has 0 unspecified atom stereocenters. The minimum Gasteiger partial charge on any atom is -0.497 e. The largest absolute Gasteiger partial charge is 0.497 e. The number of benzene rings is 1. The second-order valence-electron chi connectivity index (χ2n) is 3.89. The predicted octanol–water partition coefficient (Wildman–Crippen LogP) is 2.81. The summed E-state index contributed by atoms with van der Waals surface area (Å²) in [6.07, 6.45) is 3.38. The van der Waals surface area contributed by atoms with Gasteiger partial charge in [-0.15, -0.1) is 10.2 Å². The van der Waals surface area contributed by atoms with Crippen LogP contribution in [0.2, 0.25) is 0 Å². The third-order valence-corrected chi connectivity index (χ3v) is 2.65. The first-order valence-electron chi connectivity index (χ1n) is 5.75. The summed E-state index contributed by atoms with van der Waals surface area (Å²) in [5.74, 6) is 1.65. The number of aromatic nitrogens is 3. The number of pyridine rings is 1. The van der Waals surface area contributed by atoms with Gasteiger partial charge in [0, 0.05) is 18.0 Å². The molecule has 5 heteroatoms. The average molecular weight is 253 g/mol. The van der Waals surface area contributed by atoms with Gasteiger partial charge in [0.25, 0.3) is 0 Å². The monoisotopic (exact) mass is 253 g/mol. The zero-order chi connectivity index (χ0) is 13.1. The fraction of sp³-hybridized carbons (Fsp3) is 0.0714. The number of hydrogen-bond acceptors (Lipinski definition) is 5. The van der Waals surface area contributed by atoms with Gasteiger partial charge in [0.1, 0.15) is 5.75 Å². The highest BCUT2D eigenvalue weighted by molar-refractivity contribution is 5.58. The Morgan fingerprint density at radius 2 is 1.79 bits per heavy atom. The van der Waals surface area contributed by atoms with E-state index in [-0.39, 0.29) is 0 Å². The third kappa shape index (κ3) is 2.30. The van der Waals surface area contributed by atoms with E-state index < -0.39 is 0 Å². The van der Waals surface area contributed by atoms with Crippen molar-refractivity contribution in [3.63, 3.8) is 0 Å². The Morgan fingerprint density at radius 3 is 2.53 bits per heavy atom. The minimum absolute atomic E-state index is 0.450. The molecule has 0 N–H and O–H groups in total. The summed E-state index contributed by atoms with van der Waals surface area (Å²) in [6.45, 7) is 0. The molecule has 1 aromatic carbocycles. The molecule has 94 valence electrons. The molecule has 0 aliphatic carbocycles. The molecule has 0 saturated carbocycles. The lowest BCUT2D eigenvalue weighted by atomic mass is 10.2. The number of methoxy groups -OCH3 is 1. The highest BCUT2D eigenvalue weighted by Crippen LogP contribution is 2.25. The van der Waals surface area contributed by atoms with Gasteiger partial charge in [-0.2, -0.15) is 0 Å². The molecule has 5 nitrogen and oxygen atoms in total. The molecule has 0 aliphatic heterocycles. The van der Waals surface area contributed by atoms with Crippen LogP contribution in [0.1, 0.15) is 0 Å². The van der Waals surface area contributed by atoms with Crippen LogP contribution < -0.4 is 4.74 Å². The van der Waals surface area contributed by atoms with Crippen LogP contribution in [0.25, 0.3) is 22.9 Å². The van der Waals surface area contributed by atoms with E-state index in [2.05, 4.69) is 15.2 Å². The number of hydrogen-bond donors (Lipinski definition) is 0. The quantitative estimate of drug-likeness (QED) is 0.718. The van der Waals surface area contributed by atoms with Gasteiger partial charge in [0.2, 0.25) is 11.8 Å². The highest BCUT2D eigenvalue weighted by atomic mass is 16.5. The molecule has 0 radical (unpaired) electrons. The molecule has 0 fully saturated rings. The van der Waals surface area contributed by atoms with Crippen molar-refractivity contribution >= 4 is 0 Å². The Morgan fingerprint density at radius 1 is 1.00 bits per heavy atom. The average Bonchev–Trinajstić information content (AvgIpc) is 2.98. The van der Waals surface area contributed by atoms with Crippen LogP contribution in [-0.4, -0.2) is 22.3 Å². The zero-order valence-corrected chi connectivity index (χ0v) is 10.3. The van der Waals surface area contributed by atoms with Crippen molar-refractivity contribution in [3.05, 3.63) is 48.8 Å². The maximum Gasteiger partial charge on any atom is 0.249 e. The molecular weight excluding hydrogens is 242 g/mol. The SMILES string of the molecule is COc1cccc(-c2nnc(-c3cccnc3)o2)c1. The normalized spacial score (nSPS) is 10.4. The van der Waals surface area contributed by atoms with E-state index >= 15 is 0 Å². The Balaban J connectivity index is 1.97. The van der Waals surface area contributed by atoms with Crippen molar-refractivity contribution in [2.24, 2.45) is 0 Å². The lowest BCUT2D eigenvalue weighted by Gasteiger charge is -2.00. The molecule has 0 aliphatic rings. The molecule has 3 aromatic rings. The van der Waals surface area contributed by atoms with Gasteiger partial charge >= 0.3 is 0 Å². The zero-order valence-electron chi connectivity index (χ0n) is 10.3. The van der Waals surface area contributed by atoms with E-state index in [0.29, 0.717) is 11.8 Å². The van der Waals surface area contributed by atoms with Crippen molar-refractivity contribution in [1.29, 1.82) is 0 Å². The number of nitrogens with zero attached hydrogens (tertiary/aromatic N) is 3. The van der Waals surface area contributed by atoms with E-state index in [4.69, 9.17) is 9.15 Å². The molecule has 0 atom stereocenters. The number of ether oxygens (including phenoxy) is 1. The van der Waals surface area contributed by atoms with Crippen LogP contribution in [0.3, 0.4) is 0 Å². The van der Waals surface area contributed by atoms with Gasteiger partial charge < -0.3 is 9.15 Å². The van der Waals surface area contributed by atoms with E-state index in [1.54, 1.807) is 19.5 Å². The molecule has 2 heterocycles. The van der Waals surface area contributed by atoms with E-state index in [1.165, 1.54) is 0 Å². The summed E-state index contributed by atoms with van der Waals surface area (Å²) in [7, 11) is 1.62. The van der Waals surface area contributed by atoms with Gasteiger partial charge in [-0.1, -0.05) is 6.07 Å². The Labute approximate surface area is 109 Å². The topological polar surface area (TPSA) is 61.0 Å². The van der Waals surface area contributed by atoms with Gasteiger partial charge in [-0.25, -0.2) is 0 Å². The summed E-state index contributed by atoms with van der Waals surface area (Å²) in [4.78, 5) is 4.02. The van der Waals surface area contributed by atoms with Crippen LogP contribution in [0.4, 0.5) is 0 Å². The summed E-state index contributed by atoms with van der Waals surface area (Å²) in [6, 6.07) is 11.2. The Bertz CT molecular complexity index is 680. The summed E-state index contributed by atoms with van der Waals surface area (Å²) < 4.78 is 10.8. The van der Waals surface area contributed by atoms with Crippen LogP contribution in [0.15, 0.2) is 53.2 Å². The van der Waals surface area contributed by atoms with E-state index in [1.807, 2.05) is 36.4 Å². The van der Waals surface area contributed by atoms with Crippen LogP contribution >= 0.6 is 0 Å². The summed E-state index contributed by atoms with van der Waals surface area (Å²) in [5.41, 5.74) is 1.62. The Kier molecular flexibility index (Phi) is 2.94. The standard InChI is InChI=1S/C14H11N3O2/c1-18-12-6-2-4-10(8-12)13-16-17-14(19-13)11-5-3-7-15-9-11/h2-9H,1H3. The highest BCUT2D eigenvalue weighted by Gasteiger charge is 2.10. The molecular formula is C14H11N3O2. The first-order valence-corrected chi connectivity index (χ1v) is 5.75. The van der Waals surface area contributed by atoms with Crippen molar-refractivity contribution in [2.75, 3.05) is 7.11 Å². The molecule has 3 rings (SSSR count). The van der Waals surface area contributed by atoms with Gasteiger partial charge in [0.05, 0.1) is 12.7 Å². The van der Waals surface area contributed by atoms with Gasteiger partial charge in [-0.3, -0.25) is 4.98 Å². The first-order chi connectivity index (χ1) is 9.36. The smallest absolute Gasteiger partial charge is 0.249 e. The van der Waals surface area contributed by atoms with Gasteiger partial charge in [-0.05, 0) is 30.3 Å². The third-order valence-electron chi connectivity index (χ3n) is 2.65. The molecule has 0 saturated heterocycles. The van der Waals surface area contributed by atoms with Gasteiger partial charge in [0.15, 0.2) is 0 Å². The maximum atomic E-state index is 5.64. The number of rotatable bonds is 3. The second-order valence-corrected chi connectivity index (χ2v) is 3.89. The lowest BCUT2D eigenvalue weighted by molar-refractivity contribution is 0.415. The molecule has 0 spiro atoms. The summed E-state index contributed by atoms with van der Waals surface area (Å²) in [5, 5.41) is 8.06. The fourth-order valence-electron chi connectivity index (χ4n) is 1.70. The second kappa shape index (κ2) is 4.89. The Hall–Kier alpha value is -2.69. The first kappa shape index (κ1) is 11.4. The molecule has 0 amide bonds. The predicted molar refractivity (Wildman–Crippen MR) is 69.5 cm³/mol. The van der Waals surface area contributed by atoms with Crippen LogP contribution in [0, 0.1) is 0 Å². The maximum absolute atomic E-state index is 5.64. The molecule has 0 bridgehead atoms. The van der Waals surface area contributed by atoms with Crippen molar-refractivity contribution in [2.45, 2.75) is 0 Å². The molecule has 2 aromatic heterocycles. The van der Waals surface area contributed by atoms with Crippen molar-refractivity contribution < 1.29 is 9.15 Å². The van der Waals surface area contributed by atoms with Crippen molar-refractivity contribution in [1.82, 2.24) is 15.2 Å². The van der Waals surface area contributed by atoms with Crippen LogP contribution in [0.5, 0.6) is 5.75 Å². The summed E-state index contributed by atoms with van der Waals surface area (Å²) >= 11 is 0. The van der Waals surface area contributed by atoms with E-state index in [0.717, 1.165) is 16.9 Å². The van der Waals surface area contributed by atoms with E-state index in [9.17, 15) is 0 Å². The lowest BCUT2D eigenvalue weighted by Crippen LogP contribution is -1.83. The molecule has 19 heavy (non-hydrogen) atoms. The fourth-order valence-corrected chi connectivity index (χ4v) is 1.70. The van der Waals surface area contributed by atoms with Crippen molar-refractivity contribution in [3.8, 4) is 28.7 Å².